The molecule has 4 heteroatoms. The summed E-state index contributed by atoms with van der Waals surface area (Å²) in [5, 5.41) is 13.1. The summed E-state index contributed by atoms with van der Waals surface area (Å²) in [6.07, 6.45) is 0.872. The Labute approximate surface area is 106 Å². The van der Waals surface area contributed by atoms with Gasteiger partial charge in [-0.25, -0.2) is 0 Å². The highest BCUT2D eigenvalue weighted by Gasteiger charge is 2.11. The summed E-state index contributed by atoms with van der Waals surface area (Å²) >= 11 is 0. The zero-order chi connectivity index (χ0) is 13.0. The van der Waals surface area contributed by atoms with Gasteiger partial charge in [0.2, 0.25) is 0 Å². The molecule has 0 fully saturated rings. The number of aliphatic hydroxyl groups excluding tert-OH is 1. The maximum absolute atomic E-state index is 9.91. The second kappa shape index (κ2) is 5.60. The Morgan fingerprint density at radius 1 is 1.39 bits per heavy atom. The highest BCUT2D eigenvalue weighted by Crippen LogP contribution is 2.26. The number of furan rings is 1. The standard InChI is InChI=1S/C14H17NO3/c1-10-5-6-13(17-2)11(8-10)15-9-12(16)14-4-3-7-18-14/h3-8,12,15-16H,9H2,1-2H3. The van der Waals surface area contributed by atoms with Crippen LogP contribution in [0.15, 0.2) is 41.0 Å². The Morgan fingerprint density at radius 3 is 2.89 bits per heavy atom. The van der Waals surface area contributed by atoms with E-state index in [1.54, 1.807) is 25.5 Å². The summed E-state index contributed by atoms with van der Waals surface area (Å²) in [5.74, 6) is 1.31. The fourth-order valence-corrected chi connectivity index (χ4v) is 1.75. The number of hydrogen-bond acceptors (Lipinski definition) is 4. The SMILES string of the molecule is COc1ccc(C)cc1NCC(O)c1ccco1. The molecule has 2 rings (SSSR count). The number of anilines is 1. The zero-order valence-corrected chi connectivity index (χ0v) is 10.5. The van der Waals surface area contributed by atoms with Crippen LogP contribution in [0.5, 0.6) is 5.75 Å². The number of aryl methyl sites for hydroxylation is 1. The molecule has 18 heavy (non-hydrogen) atoms. The number of ether oxygens (including phenoxy) is 1. The molecular formula is C14H17NO3. The molecule has 0 aliphatic heterocycles. The number of nitrogens with one attached hydrogen (secondary N) is 1. The molecule has 0 aliphatic carbocycles. The fourth-order valence-electron chi connectivity index (χ4n) is 1.75. The van der Waals surface area contributed by atoms with Crippen molar-refractivity contribution in [2.75, 3.05) is 19.0 Å². The van der Waals surface area contributed by atoms with Gasteiger partial charge in [0, 0.05) is 6.54 Å². The van der Waals surface area contributed by atoms with Gasteiger partial charge in [0.25, 0.3) is 0 Å². The van der Waals surface area contributed by atoms with Gasteiger partial charge in [-0.2, -0.15) is 0 Å². The molecule has 0 saturated carbocycles. The Bertz CT molecular complexity index is 494. The van der Waals surface area contributed by atoms with Crippen LogP contribution in [0.4, 0.5) is 5.69 Å². The van der Waals surface area contributed by atoms with Crippen LogP contribution in [-0.4, -0.2) is 18.8 Å². The van der Waals surface area contributed by atoms with Crippen LogP contribution in [0.25, 0.3) is 0 Å². The van der Waals surface area contributed by atoms with E-state index < -0.39 is 6.10 Å². The fraction of sp³-hybridized carbons (Fsp3) is 0.286. The van der Waals surface area contributed by atoms with Crippen molar-refractivity contribution in [3.8, 4) is 5.75 Å². The summed E-state index contributed by atoms with van der Waals surface area (Å²) in [7, 11) is 1.62. The van der Waals surface area contributed by atoms with Gasteiger partial charge in [0.1, 0.15) is 17.6 Å². The predicted octanol–water partition coefficient (Wildman–Crippen LogP) is 2.74. The predicted molar refractivity (Wildman–Crippen MR) is 69.9 cm³/mol. The van der Waals surface area contributed by atoms with Crippen LogP contribution in [-0.2, 0) is 0 Å². The molecule has 4 nitrogen and oxygen atoms in total. The van der Waals surface area contributed by atoms with Gasteiger partial charge in [0.15, 0.2) is 0 Å². The number of benzene rings is 1. The van der Waals surface area contributed by atoms with E-state index in [1.165, 1.54) is 0 Å². The second-order valence-electron chi connectivity index (χ2n) is 4.12. The molecule has 0 bridgehead atoms. The summed E-state index contributed by atoms with van der Waals surface area (Å²) < 4.78 is 10.4. The summed E-state index contributed by atoms with van der Waals surface area (Å²) in [5.41, 5.74) is 1.99. The molecule has 1 unspecified atom stereocenters. The summed E-state index contributed by atoms with van der Waals surface area (Å²) in [6.45, 7) is 2.38. The minimum absolute atomic E-state index is 0.368. The van der Waals surface area contributed by atoms with Gasteiger partial charge in [-0.15, -0.1) is 0 Å². The van der Waals surface area contributed by atoms with Crippen molar-refractivity contribution in [2.24, 2.45) is 0 Å². The van der Waals surface area contributed by atoms with Crippen LogP contribution in [0.1, 0.15) is 17.4 Å². The molecule has 0 aliphatic rings. The lowest BCUT2D eigenvalue weighted by atomic mass is 10.2. The van der Waals surface area contributed by atoms with Gasteiger partial charge in [-0.1, -0.05) is 6.07 Å². The average molecular weight is 247 g/mol. The second-order valence-corrected chi connectivity index (χ2v) is 4.12. The molecule has 0 amide bonds. The molecule has 0 saturated heterocycles. The van der Waals surface area contributed by atoms with Gasteiger partial charge < -0.3 is 19.6 Å². The maximum Gasteiger partial charge on any atom is 0.141 e. The Hall–Kier alpha value is -1.94. The van der Waals surface area contributed by atoms with Crippen LogP contribution in [0, 0.1) is 6.92 Å². The molecule has 96 valence electrons. The number of methoxy groups -OCH3 is 1. The highest BCUT2D eigenvalue weighted by atomic mass is 16.5. The molecule has 2 N–H and O–H groups in total. The van der Waals surface area contributed by atoms with Crippen LogP contribution in [0.2, 0.25) is 0 Å². The van der Waals surface area contributed by atoms with Gasteiger partial charge in [-0.3, -0.25) is 0 Å². The first kappa shape index (κ1) is 12.5. The van der Waals surface area contributed by atoms with Gasteiger partial charge in [0.05, 0.1) is 19.1 Å². The van der Waals surface area contributed by atoms with E-state index in [0.29, 0.717) is 12.3 Å². The minimum atomic E-state index is -0.676. The monoisotopic (exact) mass is 247 g/mol. The van der Waals surface area contributed by atoms with E-state index >= 15 is 0 Å². The lowest BCUT2D eigenvalue weighted by molar-refractivity contribution is 0.162. The maximum atomic E-state index is 9.91. The zero-order valence-electron chi connectivity index (χ0n) is 10.5. The van der Waals surface area contributed by atoms with E-state index in [2.05, 4.69) is 5.32 Å². The quantitative estimate of drug-likeness (QED) is 0.853. The molecule has 1 atom stereocenters. The van der Waals surface area contributed by atoms with Crippen LogP contribution >= 0.6 is 0 Å². The third-order valence-electron chi connectivity index (χ3n) is 2.71. The Kier molecular flexibility index (Phi) is 3.89. The summed E-state index contributed by atoms with van der Waals surface area (Å²) in [4.78, 5) is 0. The van der Waals surface area contributed by atoms with Crippen molar-refractivity contribution in [1.82, 2.24) is 0 Å². The van der Waals surface area contributed by atoms with Crippen LogP contribution in [0.3, 0.4) is 0 Å². The first-order valence-electron chi connectivity index (χ1n) is 5.80. The topological polar surface area (TPSA) is 54.6 Å². The largest absolute Gasteiger partial charge is 0.495 e. The van der Waals surface area contributed by atoms with Gasteiger partial charge >= 0.3 is 0 Å². The number of hydrogen-bond donors (Lipinski definition) is 2. The molecular weight excluding hydrogens is 230 g/mol. The first-order chi connectivity index (χ1) is 8.70. The lowest BCUT2D eigenvalue weighted by Gasteiger charge is -2.14. The minimum Gasteiger partial charge on any atom is -0.495 e. The molecule has 0 radical (unpaired) electrons. The highest BCUT2D eigenvalue weighted by molar-refractivity contribution is 5.58. The smallest absolute Gasteiger partial charge is 0.141 e. The Balaban J connectivity index is 2.03. The van der Waals surface area contributed by atoms with Gasteiger partial charge in [-0.05, 0) is 36.8 Å². The lowest BCUT2D eigenvalue weighted by Crippen LogP contribution is -2.12. The third kappa shape index (κ3) is 2.84. The molecule has 1 aromatic heterocycles. The van der Waals surface area contributed by atoms with E-state index in [-0.39, 0.29) is 0 Å². The van der Waals surface area contributed by atoms with E-state index in [0.717, 1.165) is 17.0 Å². The van der Waals surface area contributed by atoms with Crippen molar-refractivity contribution < 1.29 is 14.3 Å². The molecule has 0 spiro atoms. The normalized spacial score (nSPS) is 12.2. The van der Waals surface area contributed by atoms with Crippen molar-refractivity contribution in [2.45, 2.75) is 13.0 Å². The van der Waals surface area contributed by atoms with Crippen molar-refractivity contribution in [3.63, 3.8) is 0 Å². The Morgan fingerprint density at radius 2 is 2.22 bits per heavy atom. The van der Waals surface area contributed by atoms with Crippen molar-refractivity contribution in [3.05, 3.63) is 47.9 Å². The number of aliphatic hydroxyl groups is 1. The molecule has 1 aromatic carbocycles. The van der Waals surface area contributed by atoms with E-state index in [1.807, 2.05) is 25.1 Å². The first-order valence-corrected chi connectivity index (χ1v) is 5.80. The third-order valence-corrected chi connectivity index (χ3v) is 2.71. The van der Waals surface area contributed by atoms with Crippen molar-refractivity contribution >= 4 is 5.69 Å². The molecule has 1 heterocycles. The van der Waals surface area contributed by atoms with Crippen LogP contribution < -0.4 is 10.1 Å². The van der Waals surface area contributed by atoms with E-state index in [9.17, 15) is 5.11 Å². The summed E-state index contributed by atoms with van der Waals surface area (Å²) in [6, 6.07) is 9.36. The van der Waals surface area contributed by atoms with E-state index in [4.69, 9.17) is 9.15 Å². The number of rotatable bonds is 5. The average Bonchev–Trinajstić information content (AvgIpc) is 2.90. The molecule has 2 aromatic rings. The van der Waals surface area contributed by atoms with Crippen molar-refractivity contribution in [1.29, 1.82) is 0 Å².